The number of carbonyl (C=O) groups is 2. The number of carboxylic acids is 1. The Morgan fingerprint density at radius 2 is 2.21 bits per heavy atom. The number of carbonyl (C=O) groups excluding carboxylic acids is 1. The Labute approximate surface area is 114 Å². The highest BCUT2D eigenvalue weighted by Gasteiger charge is 2.43. The molecule has 19 heavy (non-hydrogen) atoms. The lowest BCUT2D eigenvalue weighted by atomic mass is 9.88. The number of carboxylic acid groups (broad SMARTS) is 1. The molecule has 0 aromatic heterocycles. The molecule has 0 bridgehead atoms. The predicted molar refractivity (Wildman–Crippen MR) is 71.8 cm³/mol. The fourth-order valence-electron chi connectivity index (χ4n) is 3.40. The summed E-state index contributed by atoms with van der Waals surface area (Å²) >= 11 is 0. The summed E-state index contributed by atoms with van der Waals surface area (Å²) < 4.78 is 0. The average molecular weight is 268 g/mol. The molecular weight excluding hydrogens is 244 g/mol. The second-order valence-electron chi connectivity index (χ2n) is 5.79. The molecule has 0 aliphatic carbocycles. The molecule has 1 unspecified atom stereocenters. The molecule has 0 spiro atoms. The van der Waals surface area contributed by atoms with Gasteiger partial charge in [-0.15, -0.1) is 0 Å². The summed E-state index contributed by atoms with van der Waals surface area (Å²) in [5, 5.41) is 12.5. The summed E-state index contributed by atoms with van der Waals surface area (Å²) in [6.45, 7) is 4.06. The zero-order valence-electron chi connectivity index (χ0n) is 11.7. The van der Waals surface area contributed by atoms with Gasteiger partial charge in [-0.2, -0.15) is 0 Å². The summed E-state index contributed by atoms with van der Waals surface area (Å²) in [6.07, 6.45) is 5.21. The minimum absolute atomic E-state index is 0.123. The van der Waals surface area contributed by atoms with Gasteiger partial charge in [-0.25, -0.2) is 0 Å². The van der Waals surface area contributed by atoms with E-state index in [-0.39, 0.29) is 5.91 Å². The Morgan fingerprint density at radius 3 is 2.79 bits per heavy atom. The molecule has 0 aromatic carbocycles. The van der Waals surface area contributed by atoms with Crippen LogP contribution in [0.5, 0.6) is 0 Å². The van der Waals surface area contributed by atoms with E-state index >= 15 is 0 Å². The summed E-state index contributed by atoms with van der Waals surface area (Å²) in [7, 11) is 0. The molecule has 2 atom stereocenters. The standard InChI is InChI=1S/C14H24N2O3/c1-2-6-14(7-4-8-15-14)13(19)16-9-3-5-11(10-16)12(17)18/h11,15H,2-10H2,1H3,(H,17,18)/t11-,14?/m0/s1. The number of nitrogens with zero attached hydrogens (tertiary/aromatic N) is 1. The zero-order chi connectivity index (χ0) is 13.9. The third kappa shape index (κ3) is 2.91. The first-order valence-corrected chi connectivity index (χ1v) is 7.36. The third-order valence-electron chi connectivity index (χ3n) is 4.39. The summed E-state index contributed by atoms with van der Waals surface area (Å²) in [5.41, 5.74) is -0.421. The van der Waals surface area contributed by atoms with Crippen molar-refractivity contribution < 1.29 is 14.7 Å². The summed E-state index contributed by atoms with van der Waals surface area (Å²) in [4.78, 5) is 25.6. The van der Waals surface area contributed by atoms with Crippen molar-refractivity contribution in [1.82, 2.24) is 10.2 Å². The number of hydrogen-bond acceptors (Lipinski definition) is 3. The van der Waals surface area contributed by atoms with Crippen LogP contribution < -0.4 is 5.32 Å². The molecule has 2 saturated heterocycles. The van der Waals surface area contributed by atoms with Crippen LogP contribution in [-0.2, 0) is 9.59 Å². The Kier molecular flexibility index (Phi) is 4.45. The first-order valence-electron chi connectivity index (χ1n) is 7.36. The van der Waals surface area contributed by atoms with Gasteiger partial charge >= 0.3 is 5.97 Å². The van der Waals surface area contributed by atoms with E-state index in [4.69, 9.17) is 5.11 Å². The van der Waals surface area contributed by atoms with Crippen molar-refractivity contribution in [3.05, 3.63) is 0 Å². The average Bonchev–Trinajstić information content (AvgIpc) is 2.88. The molecule has 5 nitrogen and oxygen atoms in total. The predicted octanol–water partition coefficient (Wildman–Crippen LogP) is 1.23. The van der Waals surface area contributed by atoms with E-state index < -0.39 is 17.4 Å². The molecule has 2 aliphatic heterocycles. The quantitative estimate of drug-likeness (QED) is 0.804. The number of piperidine rings is 1. The Morgan fingerprint density at radius 1 is 1.42 bits per heavy atom. The monoisotopic (exact) mass is 268 g/mol. The SMILES string of the molecule is CCCC1(C(=O)N2CCC[C@H](C(=O)O)C2)CCCN1. The van der Waals surface area contributed by atoms with Crippen LogP contribution in [0.4, 0.5) is 0 Å². The van der Waals surface area contributed by atoms with Crippen LogP contribution in [0.15, 0.2) is 0 Å². The van der Waals surface area contributed by atoms with Crippen molar-refractivity contribution in [3.63, 3.8) is 0 Å². The maximum atomic E-state index is 12.8. The highest BCUT2D eigenvalue weighted by molar-refractivity contribution is 5.87. The lowest BCUT2D eigenvalue weighted by molar-refractivity contribution is -0.147. The van der Waals surface area contributed by atoms with Crippen LogP contribution in [0.1, 0.15) is 45.4 Å². The van der Waals surface area contributed by atoms with E-state index in [1.807, 2.05) is 0 Å². The van der Waals surface area contributed by atoms with Gasteiger partial charge in [0.15, 0.2) is 0 Å². The minimum atomic E-state index is -0.776. The van der Waals surface area contributed by atoms with Crippen LogP contribution in [0.2, 0.25) is 0 Å². The molecule has 5 heteroatoms. The highest BCUT2D eigenvalue weighted by Crippen LogP contribution is 2.29. The lowest BCUT2D eigenvalue weighted by Gasteiger charge is -2.38. The first kappa shape index (κ1) is 14.3. The summed E-state index contributed by atoms with van der Waals surface area (Å²) in [6, 6.07) is 0. The largest absolute Gasteiger partial charge is 0.481 e. The van der Waals surface area contributed by atoms with E-state index in [9.17, 15) is 9.59 Å². The van der Waals surface area contributed by atoms with E-state index in [1.165, 1.54) is 0 Å². The smallest absolute Gasteiger partial charge is 0.308 e. The topological polar surface area (TPSA) is 69.6 Å². The van der Waals surface area contributed by atoms with Crippen LogP contribution in [-0.4, -0.2) is 47.1 Å². The Bertz CT molecular complexity index is 351. The van der Waals surface area contributed by atoms with Crippen LogP contribution in [0.25, 0.3) is 0 Å². The number of amides is 1. The van der Waals surface area contributed by atoms with Crippen molar-refractivity contribution in [2.24, 2.45) is 5.92 Å². The molecule has 108 valence electrons. The van der Waals surface area contributed by atoms with Crippen molar-refractivity contribution in [2.45, 2.75) is 51.0 Å². The second kappa shape index (κ2) is 5.90. The molecule has 2 aliphatic rings. The van der Waals surface area contributed by atoms with Gasteiger partial charge in [0, 0.05) is 13.1 Å². The Balaban J connectivity index is 2.07. The van der Waals surface area contributed by atoms with Crippen LogP contribution >= 0.6 is 0 Å². The third-order valence-corrected chi connectivity index (χ3v) is 4.39. The van der Waals surface area contributed by atoms with Gasteiger partial charge < -0.3 is 15.3 Å². The minimum Gasteiger partial charge on any atom is -0.481 e. The lowest BCUT2D eigenvalue weighted by Crippen LogP contribution is -2.57. The molecule has 0 aromatic rings. The van der Waals surface area contributed by atoms with Gasteiger partial charge in [0.25, 0.3) is 0 Å². The van der Waals surface area contributed by atoms with Gasteiger partial charge in [-0.1, -0.05) is 13.3 Å². The van der Waals surface area contributed by atoms with Gasteiger partial charge in [-0.05, 0) is 38.6 Å². The van der Waals surface area contributed by atoms with E-state index in [0.717, 1.165) is 38.6 Å². The fraction of sp³-hybridized carbons (Fsp3) is 0.857. The second-order valence-corrected chi connectivity index (χ2v) is 5.79. The highest BCUT2D eigenvalue weighted by atomic mass is 16.4. The van der Waals surface area contributed by atoms with Crippen molar-refractivity contribution in [2.75, 3.05) is 19.6 Å². The molecular formula is C14H24N2O3. The van der Waals surface area contributed by atoms with E-state index in [1.54, 1.807) is 4.90 Å². The van der Waals surface area contributed by atoms with Gasteiger partial charge in [0.2, 0.25) is 5.91 Å². The molecule has 0 radical (unpaired) electrons. The molecule has 2 N–H and O–H groups in total. The molecule has 0 saturated carbocycles. The van der Waals surface area contributed by atoms with Crippen molar-refractivity contribution in [1.29, 1.82) is 0 Å². The number of aliphatic carboxylic acids is 1. The first-order chi connectivity index (χ1) is 9.09. The van der Waals surface area contributed by atoms with Crippen molar-refractivity contribution in [3.8, 4) is 0 Å². The number of likely N-dealkylation sites (tertiary alicyclic amines) is 1. The summed E-state index contributed by atoms with van der Waals surface area (Å²) in [5.74, 6) is -1.04. The molecule has 2 fully saturated rings. The van der Waals surface area contributed by atoms with Crippen LogP contribution in [0, 0.1) is 5.92 Å². The maximum Gasteiger partial charge on any atom is 0.308 e. The van der Waals surface area contributed by atoms with E-state index in [0.29, 0.717) is 19.5 Å². The maximum absolute atomic E-state index is 12.8. The van der Waals surface area contributed by atoms with Crippen LogP contribution in [0.3, 0.4) is 0 Å². The Hall–Kier alpha value is -1.10. The fourth-order valence-corrected chi connectivity index (χ4v) is 3.40. The van der Waals surface area contributed by atoms with Crippen molar-refractivity contribution >= 4 is 11.9 Å². The van der Waals surface area contributed by atoms with E-state index in [2.05, 4.69) is 12.2 Å². The number of rotatable bonds is 4. The van der Waals surface area contributed by atoms with Gasteiger partial charge in [0.1, 0.15) is 0 Å². The normalized spacial score (nSPS) is 31.4. The number of hydrogen-bond donors (Lipinski definition) is 2. The zero-order valence-corrected chi connectivity index (χ0v) is 11.7. The molecule has 2 rings (SSSR count). The molecule has 1 amide bonds. The molecule has 2 heterocycles. The van der Waals surface area contributed by atoms with Gasteiger partial charge in [0.05, 0.1) is 11.5 Å². The number of nitrogens with one attached hydrogen (secondary N) is 1. The van der Waals surface area contributed by atoms with Gasteiger partial charge in [-0.3, -0.25) is 9.59 Å².